The Bertz CT molecular complexity index is 1040. The molecule has 0 spiro atoms. The third kappa shape index (κ3) is 3.65. The van der Waals surface area contributed by atoms with E-state index in [2.05, 4.69) is 44.2 Å². The van der Waals surface area contributed by atoms with Crippen LogP contribution >= 0.6 is 0 Å². The summed E-state index contributed by atoms with van der Waals surface area (Å²) in [5.74, 6) is -0.00624. The zero-order valence-corrected chi connectivity index (χ0v) is 16.2. The number of hydrogen-bond donors (Lipinski definition) is 1. The maximum absolute atomic E-state index is 11.5. The van der Waals surface area contributed by atoms with Crippen LogP contribution in [0.3, 0.4) is 0 Å². The van der Waals surface area contributed by atoms with Crippen LogP contribution in [0, 0.1) is 6.92 Å². The minimum absolute atomic E-state index is 0.235. The fourth-order valence-corrected chi connectivity index (χ4v) is 4.06. The number of rotatable bonds is 4. The molecule has 142 valence electrons. The molecular weight excluding hydrogens is 348 g/mol. The average Bonchev–Trinajstić information content (AvgIpc) is 2.67. The van der Waals surface area contributed by atoms with Crippen molar-refractivity contribution in [2.75, 3.05) is 0 Å². The predicted octanol–water partition coefficient (Wildman–Crippen LogP) is 5.69. The van der Waals surface area contributed by atoms with Gasteiger partial charge in [-0.3, -0.25) is 0 Å². The fourth-order valence-electron chi connectivity index (χ4n) is 4.06. The van der Waals surface area contributed by atoms with Gasteiger partial charge in [0.25, 0.3) is 0 Å². The van der Waals surface area contributed by atoms with Gasteiger partial charge in [-0.25, -0.2) is 4.79 Å². The van der Waals surface area contributed by atoms with Gasteiger partial charge in [-0.15, -0.1) is 0 Å². The summed E-state index contributed by atoms with van der Waals surface area (Å²) in [6, 6.07) is 21.7. The van der Waals surface area contributed by atoms with Gasteiger partial charge in [0.15, 0.2) is 0 Å². The molecular formula is C25H24O3. The lowest BCUT2D eigenvalue weighted by Gasteiger charge is -2.36. The first-order chi connectivity index (χ1) is 13.4. The lowest BCUT2D eigenvalue weighted by Crippen LogP contribution is -2.38. The van der Waals surface area contributed by atoms with E-state index in [9.17, 15) is 9.90 Å². The number of aryl methyl sites for hydroxylation is 2. The first kappa shape index (κ1) is 18.3. The molecule has 1 atom stereocenters. The van der Waals surface area contributed by atoms with E-state index in [-0.39, 0.29) is 5.60 Å². The zero-order valence-electron chi connectivity index (χ0n) is 16.2. The number of carbonyl (C=O) groups is 1. The van der Waals surface area contributed by atoms with Gasteiger partial charge in [0.2, 0.25) is 0 Å². The molecule has 3 aromatic carbocycles. The Balaban J connectivity index is 1.61. The molecule has 1 N–H and O–H groups in total. The second-order valence-electron chi connectivity index (χ2n) is 7.89. The number of carboxylic acids is 1. The van der Waals surface area contributed by atoms with Crippen LogP contribution in [-0.4, -0.2) is 16.7 Å². The minimum Gasteiger partial charge on any atom is -0.487 e. The summed E-state index contributed by atoms with van der Waals surface area (Å²) in [5.41, 5.74) is 5.44. The van der Waals surface area contributed by atoms with Gasteiger partial charge in [0, 0.05) is 6.42 Å². The van der Waals surface area contributed by atoms with Crippen molar-refractivity contribution in [3.05, 3.63) is 89.0 Å². The minimum atomic E-state index is -0.907. The highest BCUT2D eigenvalue weighted by molar-refractivity contribution is 5.96. The molecule has 1 unspecified atom stereocenters. The van der Waals surface area contributed by atoms with Crippen LogP contribution < -0.4 is 4.74 Å². The van der Waals surface area contributed by atoms with E-state index in [4.69, 9.17) is 4.74 Å². The van der Waals surface area contributed by atoms with E-state index in [0.29, 0.717) is 5.56 Å². The molecule has 0 fully saturated rings. The predicted molar refractivity (Wildman–Crippen MR) is 111 cm³/mol. The van der Waals surface area contributed by atoms with Gasteiger partial charge in [-0.1, -0.05) is 54.1 Å². The molecule has 0 aromatic heterocycles. The van der Waals surface area contributed by atoms with Crippen molar-refractivity contribution in [3.8, 4) is 16.9 Å². The normalized spacial score (nSPS) is 18.2. The Kier molecular flexibility index (Phi) is 4.68. The first-order valence-electron chi connectivity index (χ1n) is 9.64. The third-order valence-electron chi connectivity index (χ3n) is 5.47. The summed E-state index contributed by atoms with van der Waals surface area (Å²) < 4.78 is 6.42. The second kappa shape index (κ2) is 7.16. The van der Waals surface area contributed by atoms with Crippen LogP contribution in [0.25, 0.3) is 11.1 Å². The molecule has 4 rings (SSSR count). The summed E-state index contributed by atoms with van der Waals surface area (Å²) in [5, 5.41) is 9.47. The second-order valence-corrected chi connectivity index (χ2v) is 7.89. The van der Waals surface area contributed by atoms with Gasteiger partial charge in [0.1, 0.15) is 11.4 Å². The van der Waals surface area contributed by atoms with Crippen molar-refractivity contribution in [2.45, 2.75) is 38.7 Å². The lowest BCUT2D eigenvalue weighted by atomic mass is 9.86. The molecule has 3 aromatic rings. The number of fused-ring (bicyclic) bond motifs is 1. The highest BCUT2D eigenvalue weighted by Crippen LogP contribution is 2.38. The van der Waals surface area contributed by atoms with Gasteiger partial charge in [-0.2, -0.15) is 0 Å². The van der Waals surface area contributed by atoms with Crippen molar-refractivity contribution in [3.63, 3.8) is 0 Å². The van der Waals surface area contributed by atoms with Crippen molar-refractivity contribution in [2.24, 2.45) is 0 Å². The number of aromatic carboxylic acids is 1. The van der Waals surface area contributed by atoms with Crippen molar-refractivity contribution < 1.29 is 14.6 Å². The molecule has 0 bridgehead atoms. The molecule has 0 aliphatic carbocycles. The zero-order chi connectivity index (χ0) is 19.7. The van der Waals surface area contributed by atoms with Crippen LogP contribution in [0.5, 0.6) is 5.75 Å². The van der Waals surface area contributed by atoms with Crippen LogP contribution in [0.2, 0.25) is 0 Å². The monoisotopic (exact) mass is 372 g/mol. The molecule has 3 nitrogen and oxygen atoms in total. The Morgan fingerprint density at radius 1 is 1.07 bits per heavy atom. The molecule has 1 aliphatic rings. The quantitative estimate of drug-likeness (QED) is 0.640. The summed E-state index contributed by atoms with van der Waals surface area (Å²) in [4.78, 5) is 11.5. The highest BCUT2D eigenvalue weighted by atomic mass is 16.5. The maximum Gasteiger partial charge on any atom is 0.336 e. The van der Waals surface area contributed by atoms with E-state index < -0.39 is 5.97 Å². The number of hydrogen-bond acceptors (Lipinski definition) is 2. The van der Waals surface area contributed by atoms with E-state index in [1.807, 2.05) is 24.3 Å². The average molecular weight is 372 g/mol. The van der Waals surface area contributed by atoms with Crippen molar-refractivity contribution in [1.82, 2.24) is 0 Å². The summed E-state index contributed by atoms with van der Waals surface area (Å²) in [6.45, 7) is 4.28. The fraction of sp³-hybridized carbons (Fsp3) is 0.240. The molecule has 0 saturated heterocycles. The largest absolute Gasteiger partial charge is 0.487 e. The standard InChI is InChI=1S/C25H24O3/c1-17-6-5-7-18(14-17)16-25(2)13-12-20-15-19(10-11-23(20)28-25)21-8-3-4-9-22(21)24(26)27/h3-11,14-15H,12-13,16H2,1-2H3,(H,26,27). The van der Waals surface area contributed by atoms with Gasteiger partial charge in [-0.05, 0) is 67.1 Å². The molecule has 1 aliphatic heterocycles. The third-order valence-corrected chi connectivity index (χ3v) is 5.47. The van der Waals surface area contributed by atoms with Gasteiger partial charge >= 0.3 is 5.97 Å². The SMILES string of the molecule is Cc1cccc(CC2(C)CCc3cc(-c4ccccc4C(=O)O)ccc3O2)c1. The first-order valence-corrected chi connectivity index (χ1v) is 9.64. The summed E-state index contributed by atoms with van der Waals surface area (Å²) in [6.07, 6.45) is 2.72. The molecule has 0 saturated carbocycles. The molecule has 28 heavy (non-hydrogen) atoms. The number of benzene rings is 3. The number of carboxylic acid groups (broad SMARTS) is 1. The van der Waals surface area contributed by atoms with Gasteiger partial charge in [0.05, 0.1) is 5.56 Å². The van der Waals surface area contributed by atoms with E-state index in [1.54, 1.807) is 12.1 Å². The van der Waals surface area contributed by atoms with E-state index >= 15 is 0 Å². The Labute approximate surface area is 165 Å². The van der Waals surface area contributed by atoms with Crippen LogP contribution in [0.1, 0.15) is 40.4 Å². The molecule has 0 amide bonds. The van der Waals surface area contributed by atoms with Gasteiger partial charge < -0.3 is 9.84 Å². The van der Waals surface area contributed by atoms with Crippen LogP contribution in [0.4, 0.5) is 0 Å². The van der Waals surface area contributed by atoms with E-state index in [1.165, 1.54) is 11.1 Å². The number of ether oxygens (including phenoxy) is 1. The van der Waals surface area contributed by atoms with E-state index in [0.717, 1.165) is 41.7 Å². The smallest absolute Gasteiger partial charge is 0.336 e. The summed E-state index contributed by atoms with van der Waals surface area (Å²) >= 11 is 0. The molecule has 3 heteroatoms. The Morgan fingerprint density at radius 3 is 2.68 bits per heavy atom. The highest BCUT2D eigenvalue weighted by Gasteiger charge is 2.32. The molecule has 1 heterocycles. The maximum atomic E-state index is 11.5. The molecule has 0 radical (unpaired) electrons. The van der Waals surface area contributed by atoms with Crippen LogP contribution in [-0.2, 0) is 12.8 Å². The Morgan fingerprint density at radius 2 is 1.89 bits per heavy atom. The van der Waals surface area contributed by atoms with Crippen molar-refractivity contribution in [1.29, 1.82) is 0 Å². The summed E-state index contributed by atoms with van der Waals surface area (Å²) in [7, 11) is 0. The van der Waals surface area contributed by atoms with Crippen LogP contribution in [0.15, 0.2) is 66.7 Å². The Hall–Kier alpha value is -3.07. The lowest BCUT2D eigenvalue weighted by molar-refractivity contribution is 0.0654. The van der Waals surface area contributed by atoms with Crippen molar-refractivity contribution >= 4 is 5.97 Å². The topological polar surface area (TPSA) is 46.5 Å².